The minimum absolute atomic E-state index is 0.0939. The van der Waals surface area contributed by atoms with Crippen molar-refractivity contribution >= 4 is 5.91 Å². The summed E-state index contributed by atoms with van der Waals surface area (Å²) in [5, 5.41) is 4.18. The van der Waals surface area contributed by atoms with Gasteiger partial charge in [0.1, 0.15) is 0 Å². The standard InChI is InChI=1S/C16H19N3O/c1-12(13-4-5-13)18(2)16(20)14-6-8-15(9-7-14)19-11-3-10-17-19/h3,6-13H,4-5H2,1-2H3. The van der Waals surface area contributed by atoms with Crippen molar-refractivity contribution in [3.63, 3.8) is 0 Å². The predicted molar refractivity (Wildman–Crippen MR) is 77.8 cm³/mol. The molecule has 0 bridgehead atoms. The number of amides is 1. The lowest BCUT2D eigenvalue weighted by molar-refractivity contribution is 0.0727. The first-order valence-corrected chi connectivity index (χ1v) is 7.04. The van der Waals surface area contributed by atoms with Crippen LogP contribution in [-0.4, -0.2) is 33.7 Å². The summed E-state index contributed by atoms with van der Waals surface area (Å²) in [4.78, 5) is 14.3. The maximum Gasteiger partial charge on any atom is 0.253 e. The van der Waals surface area contributed by atoms with E-state index < -0.39 is 0 Å². The SMILES string of the molecule is CC(C1CC1)N(C)C(=O)c1ccc(-n2cccn2)cc1. The lowest BCUT2D eigenvalue weighted by Crippen LogP contribution is -2.36. The average Bonchev–Trinajstić information content (AvgIpc) is 3.20. The summed E-state index contributed by atoms with van der Waals surface area (Å²) in [6.07, 6.45) is 6.12. The first-order valence-electron chi connectivity index (χ1n) is 7.04. The van der Waals surface area contributed by atoms with Gasteiger partial charge in [-0.05, 0) is 56.0 Å². The molecule has 1 saturated carbocycles. The van der Waals surface area contributed by atoms with Crippen LogP contribution in [-0.2, 0) is 0 Å². The molecule has 1 fully saturated rings. The van der Waals surface area contributed by atoms with Gasteiger partial charge in [0.2, 0.25) is 0 Å². The van der Waals surface area contributed by atoms with E-state index in [1.54, 1.807) is 10.9 Å². The molecule has 4 nitrogen and oxygen atoms in total. The zero-order valence-corrected chi connectivity index (χ0v) is 11.9. The van der Waals surface area contributed by atoms with E-state index in [1.165, 1.54) is 12.8 Å². The number of carbonyl (C=O) groups is 1. The Hall–Kier alpha value is -2.10. The van der Waals surface area contributed by atoms with E-state index in [-0.39, 0.29) is 5.91 Å². The molecule has 1 amide bonds. The van der Waals surface area contributed by atoms with Crippen LogP contribution in [0.25, 0.3) is 5.69 Å². The molecule has 1 atom stereocenters. The molecule has 1 aliphatic rings. The van der Waals surface area contributed by atoms with Crippen molar-refractivity contribution in [2.24, 2.45) is 5.92 Å². The van der Waals surface area contributed by atoms with E-state index >= 15 is 0 Å². The second-order valence-electron chi connectivity index (χ2n) is 5.49. The predicted octanol–water partition coefficient (Wildman–Crippen LogP) is 2.74. The Morgan fingerprint density at radius 1 is 1.35 bits per heavy atom. The molecule has 1 aromatic carbocycles. The number of nitrogens with zero attached hydrogens (tertiary/aromatic N) is 3. The monoisotopic (exact) mass is 269 g/mol. The van der Waals surface area contributed by atoms with E-state index in [1.807, 2.05) is 48.5 Å². The molecule has 4 heteroatoms. The smallest absolute Gasteiger partial charge is 0.253 e. The highest BCUT2D eigenvalue weighted by molar-refractivity contribution is 5.94. The van der Waals surface area contributed by atoms with Crippen LogP contribution in [0.4, 0.5) is 0 Å². The second kappa shape index (κ2) is 5.12. The Kier molecular flexibility index (Phi) is 3.30. The summed E-state index contributed by atoms with van der Waals surface area (Å²) in [5.41, 5.74) is 1.69. The van der Waals surface area contributed by atoms with Gasteiger partial charge in [-0.15, -0.1) is 0 Å². The second-order valence-corrected chi connectivity index (χ2v) is 5.49. The Balaban J connectivity index is 1.75. The van der Waals surface area contributed by atoms with Gasteiger partial charge in [-0.1, -0.05) is 0 Å². The van der Waals surface area contributed by atoms with Gasteiger partial charge in [0.15, 0.2) is 0 Å². The Morgan fingerprint density at radius 3 is 2.60 bits per heavy atom. The summed E-state index contributed by atoms with van der Waals surface area (Å²) in [6, 6.07) is 9.80. The normalized spacial score (nSPS) is 15.9. The van der Waals surface area contributed by atoms with Crippen molar-refractivity contribution in [3.05, 3.63) is 48.3 Å². The highest BCUT2D eigenvalue weighted by Crippen LogP contribution is 2.35. The van der Waals surface area contributed by atoms with Crippen LogP contribution in [0.2, 0.25) is 0 Å². The van der Waals surface area contributed by atoms with E-state index in [0.717, 1.165) is 11.3 Å². The van der Waals surface area contributed by atoms with Crippen molar-refractivity contribution in [3.8, 4) is 5.69 Å². The summed E-state index contributed by atoms with van der Waals surface area (Å²) in [7, 11) is 1.90. The van der Waals surface area contributed by atoms with E-state index in [9.17, 15) is 4.79 Å². The maximum absolute atomic E-state index is 12.4. The Morgan fingerprint density at radius 2 is 2.05 bits per heavy atom. The molecule has 1 unspecified atom stereocenters. The molecule has 1 aromatic heterocycles. The van der Waals surface area contributed by atoms with E-state index in [4.69, 9.17) is 0 Å². The van der Waals surface area contributed by atoms with Gasteiger partial charge < -0.3 is 4.90 Å². The van der Waals surface area contributed by atoms with E-state index in [2.05, 4.69) is 12.0 Å². The first kappa shape index (κ1) is 12.9. The van der Waals surface area contributed by atoms with Gasteiger partial charge in [-0.3, -0.25) is 4.79 Å². The summed E-state index contributed by atoms with van der Waals surface area (Å²) >= 11 is 0. The summed E-state index contributed by atoms with van der Waals surface area (Å²) in [6.45, 7) is 2.13. The molecule has 2 aromatic rings. The van der Waals surface area contributed by atoms with Crippen molar-refractivity contribution in [1.29, 1.82) is 0 Å². The minimum Gasteiger partial charge on any atom is -0.339 e. The molecule has 1 heterocycles. The number of hydrogen-bond acceptors (Lipinski definition) is 2. The first-order chi connectivity index (χ1) is 9.66. The molecule has 3 rings (SSSR count). The van der Waals surface area contributed by atoms with Crippen LogP contribution in [0.1, 0.15) is 30.1 Å². The molecular formula is C16H19N3O. The van der Waals surface area contributed by atoms with Crippen LogP contribution in [0.5, 0.6) is 0 Å². The largest absolute Gasteiger partial charge is 0.339 e. The molecule has 20 heavy (non-hydrogen) atoms. The molecular weight excluding hydrogens is 250 g/mol. The minimum atomic E-state index is 0.0939. The number of aromatic nitrogens is 2. The number of hydrogen-bond donors (Lipinski definition) is 0. The number of rotatable bonds is 4. The summed E-state index contributed by atoms with van der Waals surface area (Å²) in [5.74, 6) is 0.781. The number of benzene rings is 1. The van der Waals surface area contributed by atoms with Crippen molar-refractivity contribution < 1.29 is 4.79 Å². The van der Waals surface area contributed by atoms with Gasteiger partial charge in [0, 0.05) is 31.0 Å². The molecule has 0 aliphatic heterocycles. The quantitative estimate of drug-likeness (QED) is 0.856. The molecule has 104 valence electrons. The number of carbonyl (C=O) groups excluding carboxylic acids is 1. The van der Waals surface area contributed by atoms with Gasteiger partial charge in [0.05, 0.1) is 5.69 Å². The van der Waals surface area contributed by atoms with Crippen LogP contribution in [0.3, 0.4) is 0 Å². The van der Waals surface area contributed by atoms with Crippen molar-refractivity contribution in [1.82, 2.24) is 14.7 Å². The Labute approximate surface area is 119 Å². The molecule has 0 N–H and O–H groups in total. The lowest BCUT2D eigenvalue weighted by Gasteiger charge is -2.25. The third-order valence-electron chi connectivity index (χ3n) is 4.12. The van der Waals surface area contributed by atoms with Crippen LogP contribution in [0, 0.1) is 5.92 Å². The highest BCUT2D eigenvalue weighted by Gasteiger charge is 2.32. The van der Waals surface area contributed by atoms with Crippen molar-refractivity contribution in [2.45, 2.75) is 25.8 Å². The zero-order valence-electron chi connectivity index (χ0n) is 11.9. The maximum atomic E-state index is 12.4. The van der Waals surface area contributed by atoms with Crippen molar-refractivity contribution in [2.75, 3.05) is 7.05 Å². The van der Waals surface area contributed by atoms with Crippen LogP contribution < -0.4 is 0 Å². The van der Waals surface area contributed by atoms with Gasteiger partial charge >= 0.3 is 0 Å². The molecule has 0 spiro atoms. The molecule has 0 radical (unpaired) electrons. The molecule has 1 aliphatic carbocycles. The zero-order chi connectivity index (χ0) is 14.1. The molecule has 0 saturated heterocycles. The Bertz CT molecular complexity index is 585. The topological polar surface area (TPSA) is 38.1 Å². The van der Waals surface area contributed by atoms with Gasteiger partial charge in [-0.25, -0.2) is 4.68 Å². The lowest BCUT2D eigenvalue weighted by atomic mass is 10.1. The highest BCUT2D eigenvalue weighted by atomic mass is 16.2. The van der Waals surface area contributed by atoms with E-state index in [0.29, 0.717) is 12.0 Å². The fraction of sp³-hybridized carbons (Fsp3) is 0.375. The van der Waals surface area contributed by atoms with Crippen LogP contribution in [0.15, 0.2) is 42.7 Å². The van der Waals surface area contributed by atoms with Gasteiger partial charge in [-0.2, -0.15) is 5.10 Å². The fourth-order valence-electron chi connectivity index (χ4n) is 2.46. The third kappa shape index (κ3) is 2.46. The van der Waals surface area contributed by atoms with Crippen LogP contribution >= 0.6 is 0 Å². The summed E-state index contributed by atoms with van der Waals surface area (Å²) < 4.78 is 1.78. The van der Waals surface area contributed by atoms with Gasteiger partial charge in [0.25, 0.3) is 5.91 Å². The average molecular weight is 269 g/mol. The third-order valence-corrected chi connectivity index (χ3v) is 4.12. The fourth-order valence-corrected chi connectivity index (χ4v) is 2.46.